The number of halogens is 1. The van der Waals surface area contributed by atoms with Gasteiger partial charge in [-0.05, 0) is 50.3 Å². The molecule has 2 aromatic rings. The molecule has 1 fully saturated rings. The van der Waals surface area contributed by atoms with E-state index in [1.54, 1.807) is 16.8 Å². The molecule has 1 aliphatic carbocycles. The Morgan fingerprint density at radius 3 is 2.67 bits per heavy atom. The molecule has 0 unspecified atom stereocenters. The number of carboxylic acid groups (broad SMARTS) is 1. The molecular weight excluding hydrogens is 368 g/mol. The third-order valence-corrected chi connectivity index (χ3v) is 5.16. The predicted octanol–water partition coefficient (Wildman–Crippen LogP) is 3.25. The number of carbonyl (C=O) groups is 2. The molecular formula is C19H23ClN4O3. The van der Waals surface area contributed by atoms with Crippen LogP contribution in [-0.2, 0) is 11.2 Å². The Bertz CT molecular complexity index is 828. The zero-order chi connectivity index (χ0) is 19.4. The van der Waals surface area contributed by atoms with Crippen LogP contribution in [0.4, 0.5) is 0 Å². The van der Waals surface area contributed by atoms with Crippen molar-refractivity contribution in [3.05, 3.63) is 40.7 Å². The van der Waals surface area contributed by atoms with Crippen molar-refractivity contribution >= 4 is 23.5 Å². The molecule has 27 heavy (non-hydrogen) atoms. The molecule has 1 heterocycles. The Morgan fingerprint density at radius 2 is 2.04 bits per heavy atom. The lowest BCUT2D eigenvalue weighted by Gasteiger charge is -2.26. The number of carbonyl (C=O) groups excluding carboxylic acids is 1. The molecule has 1 saturated carbocycles. The van der Waals surface area contributed by atoms with Crippen molar-refractivity contribution in [3.8, 4) is 5.69 Å². The second kappa shape index (κ2) is 8.52. The molecule has 1 aromatic heterocycles. The summed E-state index contributed by atoms with van der Waals surface area (Å²) in [5, 5.41) is 21.0. The third kappa shape index (κ3) is 4.47. The van der Waals surface area contributed by atoms with E-state index < -0.39 is 5.97 Å². The molecule has 0 radical (unpaired) electrons. The van der Waals surface area contributed by atoms with Crippen molar-refractivity contribution in [1.82, 2.24) is 20.3 Å². The fourth-order valence-electron chi connectivity index (χ4n) is 3.49. The highest BCUT2D eigenvalue weighted by molar-refractivity contribution is 6.30. The summed E-state index contributed by atoms with van der Waals surface area (Å²) in [7, 11) is 0. The Hall–Kier alpha value is -2.41. The molecule has 0 saturated heterocycles. The summed E-state index contributed by atoms with van der Waals surface area (Å²) in [6.07, 6.45) is 3.99. The van der Waals surface area contributed by atoms with Crippen LogP contribution in [0.1, 0.15) is 55.2 Å². The highest BCUT2D eigenvalue weighted by Gasteiger charge is 2.28. The number of hydrogen-bond acceptors (Lipinski definition) is 4. The molecule has 8 heteroatoms. The third-order valence-electron chi connectivity index (χ3n) is 4.93. The van der Waals surface area contributed by atoms with Crippen LogP contribution in [0.5, 0.6) is 0 Å². The van der Waals surface area contributed by atoms with E-state index >= 15 is 0 Å². The summed E-state index contributed by atoms with van der Waals surface area (Å²) in [5.74, 6) is -1.32. The van der Waals surface area contributed by atoms with Gasteiger partial charge in [0.25, 0.3) is 5.91 Å². The Kier molecular flexibility index (Phi) is 6.11. The molecule has 0 bridgehead atoms. The van der Waals surface area contributed by atoms with Gasteiger partial charge in [0.2, 0.25) is 0 Å². The highest BCUT2D eigenvalue weighted by atomic mass is 35.5. The first kappa shape index (κ1) is 19.4. The number of aromatic nitrogens is 3. The first-order chi connectivity index (χ1) is 13.0. The monoisotopic (exact) mass is 390 g/mol. The Morgan fingerprint density at radius 1 is 1.30 bits per heavy atom. The van der Waals surface area contributed by atoms with Crippen molar-refractivity contribution < 1.29 is 14.7 Å². The van der Waals surface area contributed by atoms with E-state index in [1.807, 2.05) is 19.1 Å². The van der Waals surface area contributed by atoms with E-state index in [-0.39, 0.29) is 17.9 Å². The van der Waals surface area contributed by atoms with Gasteiger partial charge in [-0.2, -0.15) is 0 Å². The van der Waals surface area contributed by atoms with Gasteiger partial charge in [0, 0.05) is 11.1 Å². The fourth-order valence-corrected chi connectivity index (χ4v) is 3.68. The van der Waals surface area contributed by atoms with Crippen molar-refractivity contribution in [1.29, 1.82) is 0 Å². The van der Waals surface area contributed by atoms with Gasteiger partial charge >= 0.3 is 5.97 Å². The zero-order valence-corrected chi connectivity index (χ0v) is 15.9. The van der Waals surface area contributed by atoms with Crippen molar-refractivity contribution in [3.63, 3.8) is 0 Å². The van der Waals surface area contributed by atoms with E-state index in [9.17, 15) is 9.59 Å². The summed E-state index contributed by atoms with van der Waals surface area (Å²) in [5.41, 5.74) is 1.83. The van der Waals surface area contributed by atoms with Gasteiger partial charge in [-0.15, -0.1) is 5.10 Å². The fraction of sp³-hybridized carbons (Fsp3) is 0.474. The van der Waals surface area contributed by atoms with Crippen molar-refractivity contribution in [2.45, 2.75) is 51.5 Å². The number of hydrogen-bond donors (Lipinski definition) is 2. The molecule has 144 valence electrons. The van der Waals surface area contributed by atoms with Crippen LogP contribution in [0.2, 0.25) is 5.02 Å². The summed E-state index contributed by atoms with van der Waals surface area (Å²) in [6, 6.07) is 7.23. The minimum absolute atomic E-state index is 0.0288. The van der Waals surface area contributed by atoms with Crippen LogP contribution in [0.25, 0.3) is 5.69 Å². The van der Waals surface area contributed by atoms with Gasteiger partial charge in [-0.25, -0.2) is 4.68 Å². The molecule has 7 nitrogen and oxygen atoms in total. The molecule has 1 aromatic carbocycles. The SMILES string of the molecule is CCCc1c(C(=O)NC2CCC(C(=O)O)CC2)nnn1-c1cccc(Cl)c1. The molecule has 1 aliphatic rings. The van der Waals surface area contributed by atoms with E-state index in [1.165, 1.54) is 0 Å². The van der Waals surface area contributed by atoms with E-state index in [4.69, 9.17) is 16.7 Å². The Labute approximate surface area is 162 Å². The summed E-state index contributed by atoms with van der Waals surface area (Å²) in [6.45, 7) is 2.03. The number of nitrogens with zero attached hydrogens (tertiary/aromatic N) is 3. The normalized spacial score (nSPS) is 19.6. The molecule has 0 atom stereocenters. The van der Waals surface area contributed by atoms with Crippen LogP contribution in [0, 0.1) is 5.92 Å². The van der Waals surface area contributed by atoms with Gasteiger partial charge in [-0.1, -0.05) is 36.2 Å². The lowest BCUT2D eigenvalue weighted by atomic mass is 9.86. The number of aliphatic carboxylic acids is 1. The minimum atomic E-state index is -0.755. The number of benzene rings is 1. The van der Waals surface area contributed by atoms with E-state index in [2.05, 4.69) is 15.6 Å². The molecule has 0 aliphatic heterocycles. The van der Waals surface area contributed by atoms with Gasteiger partial charge in [0.05, 0.1) is 17.3 Å². The second-order valence-corrected chi connectivity index (χ2v) is 7.32. The average molecular weight is 391 g/mol. The second-order valence-electron chi connectivity index (χ2n) is 6.89. The maximum atomic E-state index is 12.8. The summed E-state index contributed by atoms with van der Waals surface area (Å²) < 4.78 is 1.66. The zero-order valence-electron chi connectivity index (χ0n) is 15.2. The molecule has 2 N–H and O–H groups in total. The lowest BCUT2D eigenvalue weighted by molar-refractivity contribution is -0.142. The van der Waals surface area contributed by atoms with Crippen molar-refractivity contribution in [2.24, 2.45) is 5.92 Å². The highest BCUT2D eigenvalue weighted by Crippen LogP contribution is 2.25. The largest absolute Gasteiger partial charge is 0.481 e. The Balaban J connectivity index is 1.76. The van der Waals surface area contributed by atoms with E-state index in [0.29, 0.717) is 42.8 Å². The maximum Gasteiger partial charge on any atom is 0.306 e. The van der Waals surface area contributed by atoms with Gasteiger partial charge < -0.3 is 10.4 Å². The van der Waals surface area contributed by atoms with Gasteiger partial charge in [0.15, 0.2) is 5.69 Å². The molecule has 0 spiro atoms. The van der Waals surface area contributed by atoms with Crippen LogP contribution in [0.15, 0.2) is 24.3 Å². The lowest BCUT2D eigenvalue weighted by Crippen LogP contribution is -2.39. The quantitative estimate of drug-likeness (QED) is 0.789. The number of carboxylic acids is 1. The predicted molar refractivity (Wildman–Crippen MR) is 101 cm³/mol. The van der Waals surface area contributed by atoms with Crippen LogP contribution in [0.3, 0.4) is 0 Å². The van der Waals surface area contributed by atoms with Gasteiger partial charge in [-0.3, -0.25) is 9.59 Å². The maximum absolute atomic E-state index is 12.8. The number of nitrogens with one attached hydrogen (secondary N) is 1. The average Bonchev–Trinajstić information content (AvgIpc) is 3.06. The van der Waals surface area contributed by atoms with Gasteiger partial charge in [0.1, 0.15) is 0 Å². The molecule has 3 rings (SSSR count). The number of amides is 1. The smallest absolute Gasteiger partial charge is 0.306 e. The number of rotatable bonds is 6. The standard InChI is InChI=1S/C19H23ClN4O3/c1-2-4-16-17(22-23-24(16)15-6-3-5-13(20)11-15)18(25)21-14-9-7-12(8-10-14)19(26)27/h3,5-6,11-12,14H,2,4,7-10H2,1H3,(H,21,25)(H,26,27). The first-order valence-corrected chi connectivity index (χ1v) is 9.61. The van der Waals surface area contributed by atoms with Crippen molar-refractivity contribution in [2.75, 3.05) is 0 Å². The summed E-state index contributed by atoms with van der Waals surface area (Å²) in [4.78, 5) is 23.8. The van der Waals surface area contributed by atoms with Crippen LogP contribution in [-0.4, -0.2) is 38.0 Å². The van der Waals surface area contributed by atoms with Crippen LogP contribution >= 0.6 is 11.6 Å². The molecule has 1 amide bonds. The summed E-state index contributed by atoms with van der Waals surface area (Å²) >= 11 is 6.07. The topological polar surface area (TPSA) is 97.1 Å². The van der Waals surface area contributed by atoms with E-state index in [0.717, 1.165) is 17.8 Å². The first-order valence-electron chi connectivity index (χ1n) is 9.23. The van der Waals surface area contributed by atoms with Crippen LogP contribution < -0.4 is 5.32 Å². The minimum Gasteiger partial charge on any atom is -0.481 e.